The second-order valence-electron chi connectivity index (χ2n) is 8.48. The Morgan fingerprint density at radius 2 is 1.92 bits per heavy atom. The van der Waals surface area contributed by atoms with Crippen molar-refractivity contribution in [3.05, 3.63) is 86.8 Å². The number of carbonyl (C=O) groups is 1. The van der Waals surface area contributed by atoms with Crippen molar-refractivity contribution < 1.29 is 19.7 Å². The van der Waals surface area contributed by atoms with Crippen molar-refractivity contribution in [2.75, 3.05) is 18.1 Å². The summed E-state index contributed by atoms with van der Waals surface area (Å²) in [5.41, 5.74) is 0.875. The zero-order valence-corrected chi connectivity index (χ0v) is 20.4. The Morgan fingerprint density at radius 3 is 2.67 bits per heavy atom. The number of phenolic OH excluding ortho intramolecular Hbond substituents is 1. The SMILES string of the molecule is O=C(O)c1cn(-c2ccc(Cl)c(O)c2)c2cc(N3CCC[C@@H]3COc3ncccc3Cl)ccc2c1=O. The Hall–Kier alpha value is -3.75. The number of hydrogen-bond donors (Lipinski definition) is 2. The summed E-state index contributed by atoms with van der Waals surface area (Å²) in [6.07, 6.45) is 4.75. The molecule has 0 spiro atoms. The fourth-order valence-electron chi connectivity index (χ4n) is 4.51. The van der Waals surface area contributed by atoms with E-state index in [1.165, 1.54) is 18.3 Å². The van der Waals surface area contributed by atoms with Crippen LogP contribution < -0.4 is 15.1 Å². The number of phenols is 1. The first-order valence-electron chi connectivity index (χ1n) is 11.2. The van der Waals surface area contributed by atoms with Gasteiger partial charge in [-0.25, -0.2) is 9.78 Å². The average molecular weight is 526 g/mol. The van der Waals surface area contributed by atoms with Crippen LogP contribution in [0.1, 0.15) is 23.2 Å². The summed E-state index contributed by atoms with van der Waals surface area (Å²) in [4.78, 5) is 31.1. The van der Waals surface area contributed by atoms with Gasteiger partial charge in [0.05, 0.1) is 16.6 Å². The first kappa shape index (κ1) is 24.0. The second kappa shape index (κ2) is 9.72. The van der Waals surface area contributed by atoms with E-state index in [0.717, 1.165) is 25.1 Å². The van der Waals surface area contributed by atoms with Crippen LogP contribution in [0.25, 0.3) is 16.6 Å². The normalized spacial score (nSPS) is 15.4. The molecule has 0 bridgehead atoms. The van der Waals surface area contributed by atoms with Crippen molar-refractivity contribution in [2.24, 2.45) is 0 Å². The van der Waals surface area contributed by atoms with Crippen LogP contribution in [-0.2, 0) is 0 Å². The number of fused-ring (bicyclic) bond motifs is 1. The molecule has 36 heavy (non-hydrogen) atoms. The number of nitrogens with zero attached hydrogens (tertiary/aromatic N) is 3. The number of carboxylic acids is 1. The van der Waals surface area contributed by atoms with E-state index >= 15 is 0 Å². The highest BCUT2D eigenvalue weighted by Crippen LogP contribution is 2.32. The standard InChI is InChI=1S/C26H21Cl2N3O5/c27-20-8-6-16(12-23(20)32)31-13-19(26(34)35)24(33)18-7-5-15(11-22(18)31)30-10-2-3-17(30)14-36-25-21(28)4-1-9-29-25/h1,4-9,11-13,17,32H,2-3,10,14H2,(H,34,35)/t17-/m1/s1. The maximum Gasteiger partial charge on any atom is 0.341 e. The topological polar surface area (TPSA) is 105 Å². The molecule has 0 unspecified atom stereocenters. The molecule has 0 saturated carbocycles. The molecule has 0 radical (unpaired) electrons. The molecule has 2 aromatic heterocycles. The number of anilines is 1. The Balaban J connectivity index is 1.56. The third kappa shape index (κ3) is 4.45. The van der Waals surface area contributed by atoms with Crippen LogP contribution in [0.5, 0.6) is 11.6 Å². The molecule has 184 valence electrons. The minimum atomic E-state index is -1.33. The van der Waals surface area contributed by atoms with E-state index in [9.17, 15) is 19.8 Å². The van der Waals surface area contributed by atoms with Crippen LogP contribution >= 0.6 is 23.2 Å². The highest BCUT2D eigenvalue weighted by atomic mass is 35.5. The number of ether oxygens (including phenoxy) is 1. The molecule has 0 aliphatic carbocycles. The lowest BCUT2D eigenvalue weighted by molar-refractivity contribution is 0.0695. The van der Waals surface area contributed by atoms with Crippen molar-refractivity contribution in [1.82, 2.24) is 9.55 Å². The number of carboxylic acid groups (broad SMARTS) is 1. The van der Waals surface area contributed by atoms with Crippen molar-refractivity contribution in [1.29, 1.82) is 0 Å². The van der Waals surface area contributed by atoms with E-state index in [-0.39, 0.29) is 27.8 Å². The quantitative estimate of drug-likeness (QED) is 0.358. The van der Waals surface area contributed by atoms with Gasteiger partial charge in [-0.2, -0.15) is 0 Å². The third-order valence-electron chi connectivity index (χ3n) is 6.27. The molecule has 2 N–H and O–H groups in total. The van der Waals surface area contributed by atoms with Gasteiger partial charge in [-0.15, -0.1) is 0 Å². The fourth-order valence-corrected chi connectivity index (χ4v) is 4.80. The Bertz CT molecular complexity index is 1540. The zero-order valence-electron chi connectivity index (χ0n) is 18.9. The van der Waals surface area contributed by atoms with Gasteiger partial charge >= 0.3 is 5.97 Å². The van der Waals surface area contributed by atoms with Gasteiger partial charge in [0.2, 0.25) is 11.3 Å². The van der Waals surface area contributed by atoms with Crippen LogP contribution in [0.3, 0.4) is 0 Å². The van der Waals surface area contributed by atoms with Gasteiger partial charge in [0.25, 0.3) is 0 Å². The van der Waals surface area contributed by atoms with Crippen molar-refractivity contribution in [3.8, 4) is 17.3 Å². The summed E-state index contributed by atoms with van der Waals surface area (Å²) in [6, 6.07) is 13.4. The summed E-state index contributed by atoms with van der Waals surface area (Å²) in [5.74, 6) is -1.11. The van der Waals surface area contributed by atoms with Crippen LogP contribution in [0, 0.1) is 0 Å². The monoisotopic (exact) mass is 525 g/mol. The lowest BCUT2D eigenvalue weighted by Gasteiger charge is -2.27. The average Bonchev–Trinajstić information content (AvgIpc) is 3.34. The summed E-state index contributed by atoms with van der Waals surface area (Å²) < 4.78 is 7.47. The van der Waals surface area contributed by atoms with Crippen LogP contribution in [0.4, 0.5) is 5.69 Å². The molecule has 1 aliphatic rings. The summed E-state index contributed by atoms with van der Waals surface area (Å²) >= 11 is 12.1. The maximum absolute atomic E-state index is 12.9. The highest BCUT2D eigenvalue weighted by molar-refractivity contribution is 6.32. The minimum absolute atomic E-state index is 0.0542. The molecule has 1 atom stereocenters. The number of aromatic nitrogens is 2. The lowest BCUT2D eigenvalue weighted by atomic mass is 10.1. The second-order valence-corrected chi connectivity index (χ2v) is 9.29. The van der Waals surface area contributed by atoms with Crippen LogP contribution in [0.2, 0.25) is 10.0 Å². The molecule has 5 rings (SSSR count). The summed E-state index contributed by atoms with van der Waals surface area (Å²) in [7, 11) is 0. The zero-order chi connectivity index (χ0) is 25.4. The lowest BCUT2D eigenvalue weighted by Crippen LogP contribution is -2.34. The van der Waals surface area contributed by atoms with Crippen molar-refractivity contribution >= 4 is 45.8 Å². The van der Waals surface area contributed by atoms with E-state index in [1.54, 1.807) is 35.0 Å². The molecule has 1 saturated heterocycles. The number of hydrogen-bond acceptors (Lipinski definition) is 6. The summed E-state index contributed by atoms with van der Waals surface area (Å²) in [6.45, 7) is 1.17. The molecule has 8 nitrogen and oxygen atoms in total. The molecular formula is C26H21Cl2N3O5. The number of benzene rings is 2. The van der Waals surface area contributed by atoms with E-state index in [4.69, 9.17) is 27.9 Å². The van der Waals surface area contributed by atoms with Gasteiger partial charge in [0.15, 0.2) is 0 Å². The van der Waals surface area contributed by atoms with Gasteiger partial charge < -0.3 is 24.4 Å². The van der Waals surface area contributed by atoms with Gasteiger partial charge in [-0.3, -0.25) is 4.79 Å². The van der Waals surface area contributed by atoms with Gasteiger partial charge in [0.1, 0.15) is 22.9 Å². The van der Waals surface area contributed by atoms with Crippen molar-refractivity contribution in [3.63, 3.8) is 0 Å². The van der Waals surface area contributed by atoms with Crippen LogP contribution in [-0.4, -0.2) is 44.9 Å². The predicted octanol–water partition coefficient (Wildman–Crippen LogP) is 5.14. The molecule has 3 heterocycles. The predicted molar refractivity (Wildman–Crippen MR) is 138 cm³/mol. The highest BCUT2D eigenvalue weighted by Gasteiger charge is 2.27. The number of rotatable bonds is 6. The molecule has 0 amide bonds. The minimum Gasteiger partial charge on any atom is -0.506 e. The first-order valence-corrected chi connectivity index (χ1v) is 12.0. The smallest absolute Gasteiger partial charge is 0.341 e. The van der Waals surface area contributed by atoms with Crippen LogP contribution in [0.15, 0.2) is 65.7 Å². The molecule has 2 aromatic carbocycles. The van der Waals surface area contributed by atoms with E-state index in [1.807, 2.05) is 12.1 Å². The van der Waals surface area contributed by atoms with E-state index in [0.29, 0.717) is 28.7 Å². The Kier molecular flexibility index (Phi) is 6.47. The molecular weight excluding hydrogens is 505 g/mol. The van der Waals surface area contributed by atoms with E-state index < -0.39 is 11.4 Å². The fraction of sp³-hybridized carbons (Fsp3) is 0.192. The molecule has 4 aromatic rings. The number of aromatic hydroxyl groups is 1. The van der Waals surface area contributed by atoms with Gasteiger partial charge in [-0.05, 0) is 55.3 Å². The number of aromatic carboxylic acids is 1. The number of halogens is 2. The number of pyridine rings is 2. The summed E-state index contributed by atoms with van der Waals surface area (Å²) in [5, 5.41) is 20.6. The Morgan fingerprint density at radius 1 is 1.11 bits per heavy atom. The third-order valence-corrected chi connectivity index (χ3v) is 6.88. The first-order chi connectivity index (χ1) is 17.3. The molecule has 1 fully saturated rings. The van der Waals surface area contributed by atoms with Crippen molar-refractivity contribution in [2.45, 2.75) is 18.9 Å². The van der Waals surface area contributed by atoms with Gasteiger partial charge in [0, 0.05) is 41.8 Å². The maximum atomic E-state index is 12.9. The van der Waals surface area contributed by atoms with Gasteiger partial charge in [-0.1, -0.05) is 23.2 Å². The Labute approximate surface area is 215 Å². The molecule has 1 aliphatic heterocycles. The van der Waals surface area contributed by atoms with E-state index in [2.05, 4.69) is 9.88 Å². The molecule has 10 heteroatoms. The largest absolute Gasteiger partial charge is 0.506 e.